The van der Waals surface area contributed by atoms with Crippen molar-refractivity contribution in [3.63, 3.8) is 0 Å². The predicted molar refractivity (Wildman–Crippen MR) is 91.8 cm³/mol. The normalized spacial score (nSPS) is 11.6. The summed E-state index contributed by atoms with van der Waals surface area (Å²) in [6.07, 6.45) is -3.71. The van der Waals surface area contributed by atoms with Gasteiger partial charge in [0.25, 0.3) is 5.69 Å². The summed E-state index contributed by atoms with van der Waals surface area (Å²) in [6, 6.07) is 4.13. The van der Waals surface area contributed by atoms with E-state index >= 15 is 0 Å². The molecule has 0 aliphatic heterocycles. The Morgan fingerprint density at radius 3 is 2.30 bits per heavy atom. The smallest absolute Gasteiger partial charge is 0.416 e. The summed E-state index contributed by atoms with van der Waals surface area (Å²) >= 11 is 2.93. The number of nitro benzene ring substituents is 2. The third-order valence-electron chi connectivity index (χ3n) is 3.18. The fourth-order valence-electron chi connectivity index (χ4n) is 1.95. The summed E-state index contributed by atoms with van der Waals surface area (Å²) in [5.74, 6) is -0.594. The van der Waals surface area contributed by atoms with Gasteiger partial charge in [0.1, 0.15) is 5.69 Å². The van der Waals surface area contributed by atoms with Crippen LogP contribution in [0, 0.1) is 20.2 Å². The predicted octanol–water partition coefficient (Wildman–Crippen LogP) is 4.44. The molecular formula is C14H8BrF3N4O5. The van der Waals surface area contributed by atoms with Gasteiger partial charge in [0.15, 0.2) is 0 Å². The molecule has 0 unspecified atom stereocenters. The molecule has 0 radical (unpaired) electrons. The van der Waals surface area contributed by atoms with Crippen LogP contribution in [0.15, 0.2) is 39.9 Å². The number of phenols is 1. The van der Waals surface area contributed by atoms with Crippen molar-refractivity contribution < 1.29 is 28.1 Å². The van der Waals surface area contributed by atoms with Gasteiger partial charge in [-0.2, -0.15) is 18.3 Å². The molecule has 0 aromatic heterocycles. The molecule has 0 aliphatic carbocycles. The highest BCUT2D eigenvalue weighted by Gasteiger charge is 2.33. The van der Waals surface area contributed by atoms with Gasteiger partial charge in [0.05, 0.1) is 26.1 Å². The summed E-state index contributed by atoms with van der Waals surface area (Å²) in [5, 5.41) is 35.0. The van der Waals surface area contributed by atoms with Gasteiger partial charge in [0.2, 0.25) is 5.75 Å². The molecule has 0 fully saturated rings. The number of hydrogen-bond acceptors (Lipinski definition) is 7. The van der Waals surface area contributed by atoms with E-state index in [9.17, 15) is 38.5 Å². The van der Waals surface area contributed by atoms with Crippen molar-refractivity contribution in [2.45, 2.75) is 6.18 Å². The van der Waals surface area contributed by atoms with Crippen LogP contribution in [0.1, 0.15) is 11.1 Å². The summed E-state index contributed by atoms with van der Waals surface area (Å²) < 4.78 is 38.0. The number of anilines is 1. The maximum atomic E-state index is 12.7. The number of aromatic hydroxyl groups is 1. The number of nitrogens with zero attached hydrogens (tertiary/aromatic N) is 3. The molecule has 0 aliphatic rings. The highest BCUT2D eigenvalue weighted by molar-refractivity contribution is 9.10. The third-order valence-corrected chi connectivity index (χ3v) is 3.79. The number of nitrogens with one attached hydrogen (secondary N) is 1. The van der Waals surface area contributed by atoms with Crippen molar-refractivity contribution in [2.75, 3.05) is 5.43 Å². The number of hydrogen-bond donors (Lipinski definition) is 2. The molecule has 27 heavy (non-hydrogen) atoms. The Labute approximate surface area is 156 Å². The number of hydrazone groups is 1. The van der Waals surface area contributed by atoms with Crippen LogP contribution in [-0.4, -0.2) is 21.2 Å². The third kappa shape index (κ3) is 4.69. The SMILES string of the molecule is O=[N+]([O-])c1cc(C(F)(F)F)ccc1N/N=C\c1cc(Br)c(O)c([N+](=O)[O-])c1. The molecule has 2 rings (SSSR count). The fraction of sp³-hybridized carbons (Fsp3) is 0.0714. The van der Waals surface area contributed by atoms with Crippen molar-refractivity contribution in [3.8, 4) is 5.75 Å². The zero-order valence-corrected chi connectivity index (χ0v) is 14.5. The lowest BCUT2D eigenvalue weighted by Crippen LogP contribution is -2.06. The minimum Gasteiger partial charge on any atom is -0.501 e. The highest BCUT2D eigenvalue weighted by atomic mass is 79.9. The number of alkyl halides is 3. The lowest BCUT2D eigenvalue weighted by Gasteiger charge is -2.08. The van der Waals surface area contributed by atoms with Crippen molar-refractivity contribution in [1.82, 2.24) is 0 Å². The quantitative estimate of drug-likeness (QED) is 0.394. The van der Waals surface area contributed by atoms with Gasteiger partial charge in [0, 0.05) is 17.7 Å². The Morgan fingerprint density at radius 1 is 1.11 bits per heavy atom. The molecule has 2 N–H and O–H groups in total. The monoisotopic (exact) mass is 448 g/mol. The molecule has 0 heterocycles. The maximum absolute atomic E-state index is 12.7. The summed E-state index contributed by atoms with van der Waals surface area (Å²) in [4.78, 5) is 20.0. The average Bonchev–Trinajstić information content (AvgIpc) is 2.56. The number of halogens is 4. The molecule has 9 nitrogen and oxygen atoms in total. The van der Waals surface area contributed by atoms with Crippen LogP contribution in [0.3, 0.4) is 0 Å². The largest absolute Gasteiger partial charge is 0.501 e. The first-order valence-electron chi connectivity index (χ1n) is 6.82. The van der Waals surface area contributed by atoms with Crippen molar-refractivity contribution >= 4 is 39.2 Å². The van der Waals surface area contributed by atoms with Crippen LogP contribution in [0.4, 0.5) is 30.2 Å². The lowest BCUT2D eigenvalue weighted by atomic mass is 10.1. The standard InChI is InChI=1S/C14H8BrF3N4O5/c15-9-3-7(4-12(13(9)23)22(26)27)6-19-20-10-2-1-8(14(16,17)18)5-11(10)21(24)25/h1-6,20,23H/b19-6-. The minimum atomic E-state index is -4.75. The molecule has 2 aromatic carbocycles. The second-order valence-electron chi connectivity index (χ2n) is 4.98. The van der Waals surface area contributed by atoms with Gasteiger partial charge >= 0.3 is 11.9 Å². The van der Waals surface area contributed by atoms with E-state index in [0.717, 1.165) is 18.3 Å². The molecule has 0 saturated carbocycles. The zero-order chi connectivity index (χ0) is 20.4. The van der Waals surface area contributed by atoms with E-state index in [-0.39, 0.29) is 15.7 Å². The van der Waals surface area contributed by atoms with Gasteiger partial charge in [-0.05, 0) is 34.1 Å². The van der Waals surface area contributed by atoms with E-state index in [2.05, 4.69) is 26.5 Å². The topological polar surface area (TPSA) is 131 Å². The average molecular weight is 449 g/mol. The van der Waals surface area contributed by atoms with E-state index in [1.54, 1.807) is 0 Å². The van der Waals surface area contributed by atoms with Gasteiger partial charge < -0.3 is 5.11 Å². The Morgan fingerprint density at radius 2 is 1.74 bits per heavy atom. The van der Waals surface area contributed by atoms with E-state index in [0.29, 0.717) is 12.1 Å². The Kier molecular flexibility index (Phi) is 5.64. The number of benzene rings is 2. The first kappa shape index (κ1) is 20.1. The fourth-order valence-corrected chi connectivity index (χ4v) is 2.42. The Bertz CT molecular complexity index is 949. The van der Waals surface area contributed by atoms with E-state index in [1.165, 1.54) is 6.07 Å². The van der Waals surface area contributed by atoms with Crippen LogP contribution in [-0.2, 0) is 6.18 Å². The molecule has 0 bridgehead atoms. The van der Waals surface area contributed by atoms with Crippen molar-refractivity contribution in [2.24, 2.45) is 5.10 Å². The van der Waals surface area contributed by atoms with Crippen molar-refractivity contribution in [1.29, 1.82) is 0 Å². The van der Waals surface area contributed by atoms with E-state index in [4.69, 9.17) is 0 Å². The van der Waals surface area contributed by atoms with Gasteiger partial charge in [-0.1, -0.05) is 0 Å². The molecular weight excluding hydrogens is 441 g/mol. The van der Waals surface area contributed by atoms with Crippen LogP contribution in [0.5, 0.6) is 5.75 Å². The second-order valence-corrected chi connectivity index (χ2v) is 5.84. The Balaban J connectivity index is 2.31. The maximum Gasteiger partial charge on any atom is 0.416 e. The van der Waals surface area contributed by atoms with Crippen LogP contribution in [0.25, 0.3) is 0 Å². The zero-order valence-electron chi connectivity index (χ0n) is 12.9. The lowest BCUT2D eigenvalue weighted by molar-refractivity contribution is -0.386. The van der Waals surface area contributed by atoms with Gasteiger partial charge in [-0.15, -0.1) is 0 Å². The van der Waals surface area contributed by atoms with Gasteiger partial charge in [-0.3, -0.25) is 25.7 Å². The number of phenolic OH excluding ortho intramolecular Hbond substituents is 1. The minimum absolute atomic E-state index is 0.0126. The summed E-state index contributed by atoms with van der Waals surface area (Å²) in [5.41, 5.74) is -0.590. The van der Waals surface area contributed by atoms with Gasteiger partial charge in [-0.25, -0.2) is 0 Å². The molecule has 2 aromatic rings. The van der Waals surface area contributed by atoms with E-state index < -0.39 is 38.7 Å². The first-order valence-corrected chi connectivity index (χ1v) is 7.61. The molecule has 0 amide bonds. The van der Waals surface area contributed by atoms with Crippen LogP contribution < -0.4 is 5.43 Å². The molecule has 13 heteroatoms. The Hall–Kier alpha value is -3.22. The number of rotatable bonds is 5. The molecule has 0 atom stereocenters. The number of nitro groups is 2. The first-order chi connectivity index (χ1) is 12.5. The molecule has 142 valence electrons. The highest BCUT2D eigenvalue weighted by Crippen LogP contribution is 2.36. The summed E-state index contributed by atoms with van der Waals surface area (Å²) in [7, 11) is 0. The van der Waals surface area contributed by atoms with Crippen molar-refractivity contribution in [3.05, 3.63) is 66.2 Å². The molecule has 0 spiro atoms. The van der Waals surface area contributed by atoms with Crippen LogP contribution >= 0.6 is 15.9 Å². The van der Waals surface area contributed by atoms with E-state index in [1.807, 2.05) is 0 Å². The summed E-state index contributed by atoms with van der Waals surface area (Å²) in [6.45, 7) is 0. The van der Waals surface area contributed by atoms with Crippen LogP contribution in [0.2, 0.25) is 0 Å². The second kappa shape index (κ2) is 7.57. The molecule has 0 saturated heterocycles.